The number of fused-ring (bicyclic) bond motifs is 1. The number of halogens is 2. The first-order chi connectivity index (χ1) is 20.2. The Morgan fingerprint density at radius 1 is 0.932 bits per heavy atom. The predicted molar refractivity (Wildman–Crippen MR) is 145 cm³/mol. The molecule has 4 rings (SSSR count). The number of aromatic nitrogens is 3. The zero-order valence-electron chi connectivity index (χ0n) is 22.4. The third-order valence-electron chi connectivity index (χ3n) is 5.04. The van der Waals surface area contributed by atoms with E-state index < -0.39 is 15.6 Å². The Labute approximate surface area is 311 Å². The van der Waals surface area contributed by atoms with Crippen molar-refractivity contribution in [3.8, 4) is 5.75 Å². The molecule has 2 N–H and O–H groups in total. The van der Waals surface area contributed by atoms with Crippen molar-refractivity contribution in [2.75, 3.05) is 17.7 Å². The number of rotatable bonds is 14. The molecule has 0 aliphatic carbocycles. The van der Waals surface area contributed by atoms with Gasteiger partial charge < -0.3 is 20.9 Å². The average Bonchev–Trinajstić information content (AvgIpc) is 2.95. The summed E-state index contributed by atoms with van der Waals surface area (Å²) in [5, 5.41) is 49.4. The first kappa shape index (κ1) is 39.3. The van der Waals surface area contributed by atoms with Crippen LogP contribution in [0.1, 0.15) is 0 Å². The van der Waals surface area contributed by atoms with Crippen LogP contribution in [0.2, 0.25) is 10.6 Å². The minimum absolute atomic E-state index is 0. The fourth-order valence-corrected chi connectivity index (χ4v) is 5.56. The summed E-state index contributed by atoms with van der Waals surface area (Å²) < 4.78 is 38.0. The van der Waals surface area contributed by atoms with E-state index in [0.29, 0.717) is 28.5 Å². The van der Waals surface area contributed by atoms with Crippen molar-refractivity contribution in [3.05, 3.63) is 59.1 Å². The van der Waals surface area contributed by atoms with Crippen LogP contribution in [-0.2, 0) is 32.8 Å². The van der Waals surface area contributed by atoms with Gasteiger partial charge >= 0.3 is 59.1 Å². The van der Waals surface area contributed by atoms with Gasteiger partial charge in [0.15, 0.2) is 27.9 Å². The van der Waals surface area contributed by atoms with E-state index in [-0.39, 0.29) is 121 Å². The molecule has 0 fully saturated rings. The van der Waals surface area contributed by atoms with Gasteiger partial charge in [-0.05, 0) is 71.1 Å². The van der Waals surface area contributed by atoms with Crippen molar-refractivity contribution in [2.24, 2.45) is 10.2 Å². The monoisotopic (exact) mass is 722 g/mol. The fourth-order valence-electron chi connectivity index (χ4n) is 3.29. The Morgan fingerprint density at radius 3 is 2.27 bits per heavy atom. The molecule has 0 aliphatic rings. The molecule has 0 aliphatic heterocycles. The van der Waals surface area contributed by atoms with E-state index in [1.807, 2.05) is 0 Å². The van der Waals surface area contributed by atoms with Gasteiger partial charge in [-0.3, -0.25) is 14.3 Å². The minimum Gasteiger partial charge on any atom is -0.691 e. The van der Waals surface area contributed by atoms with E-state index in [1.54, 1.807) is 24.3 Å². The molecule has 23 heteroatoms. The molecular weight excluding hydrogens is 709 g/mol. The number of azo groups is 1. The number of anilines is 2. The van der Waals surface area contributed by atoms with Crippen LogP contribution in [0.15, 0.2) is 68.6 Å². The van der Waals surface area contributed by atoms with Gasteiger partial charge in [-0.15, -0.1) is 9.45 Å². The number of nitrogens with zero attached hydrogens (tertiary/aromatic N) is 5. The topological polar surface area (TPSA) is 222 Å². The first-order valence-corrected chi connectivity index (χ1v) is 14.8. The van der Waals surface area contributed by atoms with E-state index in [9.17, 15) is 24.0 Å². The minimum atomic E-state index is -3.73. The summed E-state index contributed by atoms with van der Waals surface area (Å²) in [5.74, 6) is -0.667. The summed E-state index contributed by atoms with van der Waals surface area (Å²) >= 11 is 12.3. The third kappa shape index (κ3) is 11.1. The van der Waals surface area contributed by atoms with Crippen molar-refractivity contribution < 1.29 is 106 Å². The van der Waals surface area contributed by atoms with E-state index in [0.717, 1.165) is 0 Å². The molecule has 222 valence electrons. The predicted octanol–water partition coefficient (Wildman–Crippen LogP) is -1.99. The van der Waals surface area contributed by atoms with Crippen molar-refractivity contribution >= 4 is 91.2 Å². The maximum absolute atomic E-state index is 12.5. The molecule has 4 aromatic rings. The summed E-state index contributed by atoms with van der Waals surface area (Å²) in [4.78, 5) is 11.7. The Kier molecular flexibility index (Phi) is 17.0. The van der Waals surface area contributed by atoms with Crippen molar-refractivity contribution in [1.29, 1.82) is 0 Å². The van der Waals surface area contributed by atoms with Gasteiger partial charge in [0.1, 0.15) is 5.69 Å². The molecule has 0 spiro atoms. The van der Waals surface area contributed by atoms with E-state index in [1.165, 1.54) is 24.3 Å². The standard InChI is InChI=1S/C21H16Cl2N6O10S3.2Na/c22-19-25-20(23)27-21(26-19)24-13-2-1-11-9-16(40-38-36-31)17(18(30)15(11)10-13)29-28-12-3-5-14(6-4-12)42(33,34)8-7-35-41-39-37-32;;/h1-6,9-10,30-32H,7-8H2,(H,24,25,26,27);;/q;2*+1/p-2. The molecule has 0 unspecified atom stereocenters. The van der Waals surface area contributed by atoms with Crippen LogP contribution in [0.5, 0.6) is 5.75 Å². The molecule has 0 amide bonds. The van der Waals surface area contributed by atoms with E-state index in [4.69, 9.17) is 27.4 Å². The first-order valence-electron chi connectivity index (χ1n) is 11.0. The molecule has 0 atom stereocenters. The molecule has 0 saturated heterocycles. The molecule has 3 aromatic carbocycles. The summed E-state index contributed by atoms with van der Waals surface area (Å²) in [5.41, 5.74) is 0.603. The summed E-state index contributed by atoms with van der Waals surface area (Å²) in [6, 6.07) is 11.8. The van der Waals surface area contributed by atoms with Gasteiger partial charge in [0.2, 0.25) is 16.5 Å². The maximum atomic E-state index is 12.5. The van der Waals surface area contributed by atoms with Gasteiger partial charge in [-0.1, -0.05) is 6.07 Å². The SMILES string of the molecule is O=S(=O)(CCOSOO[O-])c1ccc(N=Nc2c(SOO[O-])cc3ccc(Nc4nc(Cl)nc(Cl)n4)cc3c2O)cc1.[Na+].[Na+]. The van der Waals surface area contributed by atoms with Crippen LogP contribution in [0.3, 0.4) is 0 Å². The molecule has 0 radical (unpaired) electrons. The number of phenols is 1. The Bertz CT molecular complexity index is 1680. The molecule has 0 saturated carbocycles. The van der Waals surface area contributed by atoms with Crippen LogP contribution in [0.4, 0.5) is 23.0 Å². The number of hydrogen-bond donors (Lipinski definition) is 2. The van der Waals surface area contributed by atoms with Crippen LogP contribution < -0.4 is 74.9 Å². The second-order valence-corrected chi connectivity index (χ2v) is 11.6. The van der Waals surface area contributed by atoms with Gasteiger partial charge in [-0.25, -0.2) is 8.42 Å². The number of nitrogens with one attached hydrogen (secondary N) is 1. The normalized spacial score (nSPS) is 11.4. The van der Waals surface area contributed by atoms with Gasteiger partial charge in [-0.2, -0.15) is 24.4 Å². The summed E-state index contributed by atoms with van der Waals surface area (Å²) in [6.07, 6.45) is 0. The Morgan fingerprint density at radius 2 is 1.61 bits per heavy atom. The average molecular weight is 723 g/mol. The quantitative estimate of drug-likeness (QED) is 0.0359. The number of phenolic OH excluding ortho intramolecular Hbond substituents is 1. The van der Waals surface area contributed by atoms with Crippen LogP contribution in [0.25, 0.3) is 10.8 Å². The van der Waals surface area contributed by atoms with E-state index in [2.05, 4.69) is 49.2 Å². The number of benzene rings is 3. The zero-order valence-corrected chi connectivity index (χ0v) is 30.3. The molecule has 1 heterocycles. The van der Waals surface area contributed by atoms with Crippen LogP contribution >= 0.6 is 47.6 Å². The zero-order chi connectivity index (χ0) is 30.1. The second kappa shape index (κ2) is 19.0. The smallest absolute Gasteiger partial charge is 0.691 e. The number of sulfone groups is 1. The van der Waals surface area contributed by atoms with Crippen molar-refractivity contribution in [1.82, 2.24) is 15.0 Å². The Hall–Kier alpha value is -0.920. The number of aromatic hydroxyl groups is 1. The molecule has 16 nitrogen and oxygen atoms in total. The van der Waals surface area contributed by atoms with Crippen molar-refractivity contribution in [3.63, 3.8) is 0 Å². The summed E-state index contributed by atoms with van der Waals surface area (Å²) in [6.45, 7) is -0.275. The second-order valence-electron chi connectivity index (χ2n) is 7.59. The molecular formula is C21H14Cl2N6Na2O10S3. The van der Waals surface area contributed by atoms with Gasteiger partial charge in [0.25, 0.3) is 0 Å². The largest absolute Gasteiger partial charge is 1.00 e. The molecule has 1 aromatic heterocycles. The number of hydrogen-bond acceptors (Lipinski definition) is 18. The molecule has 0 bridgehead atoms. The van der Waals surface area contributed by atoms with Crippen molar-refractivity contribution in [2.45, 2.75) is 9.79 Å². The van der Waals surface area contributed by atoms with Crippen LogP contribution in [-0.4, -0.2) is 40.8 Å². The third-order valence-corrected chi connectivity index (χ3v) is 8.06. The van der Waals surface area contributed by atoms with Gasteiger partial charge in [0, 0.05) is 11.1 Å². The summed E-state index contributed by atoms with van der Waals surface area (Å²) in [7, 11) is -3.73. The van der Waals surface area contributed by atoms with Gasteiger partial charge in [0.05, 0.1) is 39.9 Å². The maximum Gasteiger partial charge on any atom is 1.00 e. The molecule has 44 heavy (non-hydrogen) atoms. The fraction of sp³-hybridized carbons (Fsp3) is 0.0952. The van der Waals surface area contributed by atoms with Crippen LogP contribution in [0, 0.1) is 0 Å². The van der Waals surface area contributed by atoms with E-state index >= 15 is 0 Å². The Balaban J connectivity index is 0.00000337.